The number of ether oxygens (including phenoxy) is 3. The number of anilines is 2. The second-order valence-corrected chi connectivity index (χ2v) is 6.51. The van der Waals surface area contributed by atoms with Crippen LogP contribution in [0.2, 0.25) is 0 Å². The van der Waals surface area contributed by atoms with E-state index < -0.39 is 0 Å². The molecule has 1 amide bonds. The van der Waals surface area contributed by atoms with Crippen LogP contribution in [0.4, 0.5) is 11.4 Å². The molecule has 0 aliphatic carbocycles. The van der Waals surface area contributed by atoms with Crippen molar-refractivity contribution in [3.05, 3.63) is 41.5 Å². The fourth-order valence-corrected chi connectivity index (χ4v) is 3.40. The van der Waals surface area contributed by atoms with Crippen LogP contribution < -0.4 is 24.8 Å². The zero-order chi connectivity index (χ0) is 18.1. The Kier molecular flexibility index (Phi) is 4.32. The summed E-state index contributed by atoms with van der Waals surface area (Å²) in [6, 6.07) is 9.73. The van der Waals surface area contributed by atoms with Gasteiger partial charge in [0.15, 0.2) is 12.4 Å². The minimum Gasteiger partial charge on any atom is -0.494 e. The fraction of sp³-hybridized carbons (Fsp3) is 0.350. The molecule has 0 bridgehead atoms. The maximum absolute atomic E-state index is 11.5. The number of nitrogens with one attached hydrogen (secondary N) is 2. The van der Waals surface area contributed by atoms with Gasteiger partial charge in [0.1, 0.15) is 17.6 Å². The van der Waals surface area contributed by atoms with Crippen molar-refractivity contribution in [2.24, 2.45) is 0 Å². The van der Waals surface area contributed by atoms with Gasteiger partial charge in [0.2, 0.25) is 0 Å². The van der Waals surface area contributed by atoms with Gasteiger partial charge in [0.05, 0.1) is 18.0 Å². The second kappa shape index (κ2) is 6.78. The molecule has 2 aromatic rings. The second-order valence-electron chi connectivity index (χ2n) is 6.51. The van der Waals surface area contributed by atoms with E-state index in [0.29, 0.717) is 24.6 Å². The third-order valence-corrected chi connectivity index (χ3v) is 4.46. The molecule has 2 aromatic carbocycles. The number of fused-ring (bicyclic) bond motifs is 2. The van der Waals surface area contributed by atoms with E-state index in [1.165, 1.54) is 5.56 Å². The molecule has 0 spiro atoms. The zero-order valence-corrected chi connectivity index (χ0v) is 14.9. The Hall–Kier alpha value is -2.89. The lowest BCUT2D eigenvalue weighted by Crippen LogP contribution is -2.25. The monoisotopic (exact) mass is 354 g/mol. The number of carbonyl (C=O) groups is 1. The van der Waals surface area contributed by atoms with E-state index in [0.717, 1.165) is 29.2 Å². The van der Waals surface area contributed by atoms with E-state index >= 15 is 0 Å². The maximum atomic E-state index is 11.5. The highest BCUT2D eigenvalue weighted by Gasteiger charge is 2.24. The molecule has 6 heteroatoms. The first-order valence-corrected chi connectivity index (χ1v) is 8.89. The lowest BCUT2D eigenvalue weighted by Gasteiger charge is -2.21. The van der Waals surface area contributed by atoms with E-state index in [9.17, 15) is 4.79 Å². The fourth-order valence-electron chi connectivity index (χ4n) is 3.40. The van der Waals surface area contributed by atoms with Crippen LogP contribution in [-0.2, 0) is 17.8 Å². The van der Waals surface area contributed by atoms with Gasteiger partial charge in [0.25, 0.3) is 5.91 Å². The molecule has 1 unspecified atom stereocenters. The Balaban J connectivity index is 1.59. The van der Waals surface area contributed by atoms with Crippen molar-refractivity contribution in [3.63, 3.8) is 0 Å². The number of hydrogen-bond donors (Lipinski definition) is 2. The van der Waals surface area contributed by atoms with Crippen LogP contribution in [0.5, 0.6) is 17.2 Å². The van der Waals surface area contributed by atoms with Crippen molar-refractivity contribution < 1.29 is 19.0 Å². The molecular formula is C20H22N2O4. The summed E-state index contributed by atoms with van der Waals surface area (Å²) in [6.45, 7) is 5.28. The van der Waals surface area contributed by atoms with Gasteiger partial charge in [-0.2, -0.15) is 0 Å². The van der Waals surface area contributed by atoms with Gasteiger partial charge in [-0.05, 0) is 38.1 Å². The minimum atomic E-state index is -0.140. The quantitative estimate of drug-likeness (QED) is 0.862. The number of amides is 1. The summed E-state index contributed by atoms with van der Waals surface area (Å²) in [5, 5.41) is 6.23. The van der Waals surface area contributed by atoms with Gasteiger partial charge < -0.3 is 24.8 Å². The topological polar surface area (TPSA) is 68.8 Å². The van der Waals surface area contributed by atoms with Crippen LogP contribution >= 0.6 is 0 Å². The molecule has 6 nitrogen and oxygen atoms in total. The summed E-state index contributed by atoms with van der Waals surface area (Å²) in [4.78, 5) is 11.5. The number of carbonyl (C=O) groups excluding carboxylic acids is 1. The number of hydrogen-bond acceptors (Lipinski definition) is 5. The molecule has 1 atom stereocenters. The predicted molar refractivity (Wildman–Crippen MR) is 99.3 cm³/mol. The molecule has 2 aliphatic rings. The Morgan fingerprint density at radius 2 is 2.19 bits per heavy atom. The zero-order valence-electron chi connectivity index (χ0n) is 14.9. The van der Waals surface area contributed by atoms with E-state index in [4.69, 9.17) is 14.2 Å². The van der Waals surface area contributed by atoms with Crippen LogP contribution in [0.3, 0.4) is 0 Å². The normalized spacial score (nSPS) is 17.5. The van der Waals surface area contributed by atoms with Gasteiger partial charge in [-0.15, -0.1) is 0 Å². The van der Waals surface area contributed by atoms with E-state index in [1.807, 2.05) is 31.2 Å². The summed E-state index contributed by atoms with van der Waals surface area (Å²) in [5.74, 6) is 2.32. The lowest BCUT2D eigenvalue weighted by atomic mass is 10.1. The Bertz CT molecular complexity index is 850. The van der Waals surface area contributed by atoms with Crippen molar-refractivity contribution in [1.82, 2.24) is 0 Å². The third kappa shape index (κ3) is 3.14. The SMILES string of the molecule is CCOc1cc(CNc2cccc3c2OCC(=O)N3)c2c(c1)CC(C)O2. The summed E-state index contributed by atoms with van der Waals surface area (Å²) in [6.07, 6.45) is 1.06. The van der Waals surface area contributed by atoms with Gasteiger partial charge in [-0.1, -0.05) is 6.07 Å². The van der Waals surface area contributed by atoms with Crippen molar-refractivity contribution in [2.75, 3.05) is 23.8 Å². The average molecular weight is 354 g/mol. The predicted octanol–water partition coefficient (Wildman–Crippen LogP) is 3.35. The van der Waals surface area contributed by atoms with Crippen molar-refractivity contribution in [3.8, 4) is 17.2 Å². The molecular weight excluding hydrogens is 332 g/mol. The molecule has 2 N–H and O–H groups in total. The highest BCUT2D eigenvalue weighted by atomic mass is 16.5. The van der Waals surface area contributed by atoms with Gasteiger partial charge >= 0.3 is 0 Å². The van der Waals surface area contributed by atoms with Gasteiger partial charge in [-0.25, -0.2) is 0 Å². The molecule has 0 saturated carbocycles. The Labute approximate surface area is 152 Å². The number of rotatable bonds is 5. The van der Waals surface area contributed by atoms with E-state index in [1.54, 1.807) is 0 Å². The highest BCUT2D eigenvalue weighted by Crippen LogP contribution is 2.39. The van der Waals surface area contributed by atoms with E-state index in [2.05, 4.69) is 23.6 Å². The van der Waals surface area contributed by atoms with Crippen LogP contribution in [0, 0.1) is 0 Å². The Morgan fingerprint density at radius 1 is 1.31 bits per heavy atom. The van der Waals surface area contributed by atoms with Crippen molar-refractivity contribution >= 4 is 17.3 Å². The first-order chi connectivity index (χ1) is 12.6. The molecule has 0 aromatic heterocycles. The van der Waals surface area contributed by atoms with Crippen molar-refractivity contribution in [2.45, 2.75) is 32.9 Å². The molecule has 2 aliphatic heterocycles. The van der Waals surface area contributed by atoms with E-state index in [-0.39, 0.29) is 18.6 Å². The molecule has 0 saturated heterocycles. The summed E-state index contributed by atoms with van der Waals surface area (Å²) >= 11 is 0. The summed E-state index contributed by atoms with van der Waals surface area (Å²) in [7, 11) is 0. The number of benzene rings is 2. The van der Waals surface area contributed by atoms with Crippen LogP contribution in [0.15, 0.2) is 30.3 Å². The lowest BCUT2D eigenvalue weighted by molar-refractivity contribution is -0.118. The summed E-state index contributed by atoms with van der Waals surface area (Å²) < 4.78 is 17.3. The van der Waals surface area contributed by atoms with Crippen LogP contribution in [0.25, 0.3) is 0 Å². The summed E-state index contributed by atoms with van der Waals surface area (Å²) in [5.41, 5.74) is 3.75. The largest absolute Gasteiger partial charge is 0.494 e. The van der Waals surface area contributed by atoms with Crippen LogP contribution in [-0.4, -0.2) is 25.2 Å². The molecule has 0 fully saturated rings. The molecule has 136 valence electrons. The molecule has 4 rings (SSSR count). The minimum absolute atomic E-state index is 0.0293. The van der Waals surface area contributed by atoms with Crippen molar-refractivity contribution in [1.29, 1.82) is 0 Å². The maximum Gasteiger partial charge on any atom is 0.262 e. The molecule has 0 radical (unpaired) electrons. The third-order valence-electron chi connectivity index (χ3n) is 4.46. The van der Waals surface area contributed by atoms with Crippen LogP contribution in [0.1, 0.15) is 25.0 Å². The first kappa shape index (κ1) is 16.6. The average Bonchev–Trinajstić information content (AvgIpc) is 3.00. The number of para-hydroxylation sites is 1. The molecule has 2 heterocycles. The molecule has 26 heavy (non-hydrogen) atoms. The standard InChI is InChI=1S/C20H22N2O4/c1-3-24-15-8-13-7-12(2)26-19(13)14(9-15)10-21-16-5-4-6-17-20(16)25-11-18(23)22-17/h4-6,8-9,12,21H,3,7,10-11H2,1-2H3,(H,22,23). The smallest absolute Gasteiger partial charge is 0.262 e. The Morgan fingerprint density at radius 3 is 3.04 bits per heavy atom. The van der Waals surface area contributed by atoms with Gasteiger partial charge in [0, 0.05) is 24.1 Å². The highest BCUT2D eigenvalue weighted by molar-refractivity contribution is 5.97. The van der Waals surface area contributed by atoms with Gasteiger partial charge in [-0.3, -0.25) is 4.79 Å². The first-order valence-electron chi connectivity index (χ1n) is 8.89.